The van der Waals surface area contributed by atoms with Crippen molar-refractivity contribution >= 4 is 50.9 Å². The number of nitrogens with zero attached hydrogens (tertiary/aromatic N) is 1. The molecule has 2 aromatic carbocycles. The minimum Gasteiger partial charge on any atom is -0.456 e. The summed E-state index contributed by atoms with van der Waals surface area (Å²) in [5, 5.41) is 2.36. The number of halogens is 1. The van der Waals surface area contributed by atoms with E-state index < -0.39 is 24.3 Å². The van der Waals surface area contributed by atoms with Crippen molar-refractivity contribution < 1.29 is 18.7 Å². The van der Waals surface area contributed by atoms with Crippen LogP contribution in [-0.4, -0.2) is 29.2 Å². The Labute approximate surface area is 157 Å². The number of carbonyl (C=O) groups excluding carboxylic acids is 2. The Bertz CT molecular complexity index is 896. The number of carbonyl (C=O) groups is 2. The first-order valence-electron chi connectivity index (χ1n) is 7.80. The van der Waals surface area contributed by atoms with Gasteiger partial charge in [0.2, 0.25) is 0 Å². The van der Waals surface area contributed by atoms with Gasteiger partial charge in [0.05, 0.1) is 22.3 Å². The van der Waals surface area contributed by atoms with Gasteiger partial charge in [0.15, 0.2) is 10.9 Å². The Hall–Kier alpha value is -2.45. The molecule has 1 amide bonds. The Morgan fingerprint density at radius 1 is 1.15 bits per heavy atom. The minimum atomic E-state index is -0.581. The van der Waals surface area contributed by atoms with Crippen molar-refractivity contribution in [1.29, 1.82) is 0 Å². The number of nitrogens with one attached hydrogen (secondary N) is 1. The van der Waals surface area contributed by atoms with E-state index in [2.05, 4.69) is 10.3 Å². The summed E-state index contributed by atoms with van der Waals surface area (Å²) in [6.45, 7) is -0.445. The number of fused-ring (bicyclic) bond motifs is 1. The topological polar surface area (TPSA) is 68.3 Å². The highest BCUT2D eigenvalue weighted by atomic mass is 32.2. The van der Waals surface area contributed by atoms with E-state index in [-0.39, 0.29) is 12.1 Å². The number of anilines is 1. The molecule has 0 fully saturated rings. The number of benzene rings is 2. The fourth-order valence-corrected chi connectivity index (χ4v) is 4.16. The van der Waals surface area contributed by atoms with Crippen LogP contribution in [0.4, 0.5) is 10.1 Å². The number of para-hydroxylation sites is 2. The van der Waals surface area contributed by atoms with Crippen LogP contribution in [-0.2, 0) is 14.3 Å². The quantitative estimate of drug-likeness (QED) is 0.486. The number of amides is 1. The second-order valence-electron chi connectivity index (χ2n) is 5.23. The summed E-state index contributed by atoms with van der Waals surface area (Å²) in [4.78, 5) is 27.9. The molecule has 0 aliphatic rings. The average Bonchev–Trinajstić information content (AvgIpc) is 3.05. The molecule has 1 N–H and O–H groups in total. The summed E-state index contributed by atoms with van der Waals surface area (Å²) in [6, 6.07) is 13.6. The highest BCUT2D eigenvalue weighted by Crippen LogP contribution is 2.29. The summed E-state index contributed by atoms with van der Waals surface area (Å²) in [6.07, 6.45) is 0.160. The third-order valence-corrected chi connectivity index (χ3v) is 5.50. The molecule has 1 aromatic heterocycles. The molecule has 0 atom stereocenters. The maximum atomic E-state index is 13.4. The molecular formula is C18H15FN2O3S2. The predicted molar refractivity (Wildman–Crippen MR) is 101 cm³/mol. The monoisotopic (exact) mass is 390 g/mol. The summed E-state index contributed by atoms with van der Waals surface area (Å²) in [7, 11) is 0. The number of aromatic nitrogens is 1. The fraction of sp³-hybridized carbons (Fsp3) is 0.167. The summed E-state index contributed by atoms with van der Waals surface area (Å²) in [5.41, 5.74) is 0.993. The normalized spacial score (nSPS) is 10.7. The molecule has 8 heteroatoms. The van der Waals surface area contributed by atoms with Crippen LogP contribution in [0.5, 0.6) is 0 Å². The second-order valence-corrected chi connectivity index (χ2v) is 7.61. The molecule has 0 unspecified atom stereocenters. The summed E-state index contributed by atoms with van der Waals surface area (Å²) >= 11 is 3.04. The van der Waals surface area contributed by atoms with Gasteiger partial charge in [0, 0.05) is 5.75 Å². The molecule has 0 aliphatic carbocycles. The molecule has 1 heterocycles. The van der Waals surface area contributed by atoms with E-state index in [0.29, 0.717) is 5.75 Å². The van der Waals surface area contributed by atoms with Gasteiger partial charge in [-0.3, -0.25) is 9.59 Å². The number of thioether (sulfide) groups is 1. The van der Waals surface area contributed by atoms with Crippen molar-refractivity contribution in [2.24, 2.45) is 0 Å². The number of hydrogen-bond acceptors (Lipinski definition) is 6. The highest BCUT2D eigenvalue weighted by molar-refractivity contribution is 8.01. The van der Waals surface area contributed by atoms with Crippen molar-refractivity contribution in [2.45, 2.75) is 10.8 Å². The first kappa shape index (κ1) is 18.3. The van der Waals surface area contributed by atoms with Crippen molar-refractivity contribution in [3.05, 3.63) is 54.3 Å². The van der Waals surface area contributed by atoms with E-state index in [1.54, 1.807) is 17.4 Å². The largest absolute Gasteiger partial charge is 0.456 e. The first-order chi connectivity index (χ1) is 12.6. The van der Waals surface area contributed by atoms with Gasteiger partial charge in [-0.15, -0.1) is 11.3 Å². The number of ether oxygens (including phenoxy) is 1. The van der Waals surface area contributed by atoms with Crippen molar-refractivity contribution in [3.8, 4) is 0 Å². The Morgan fingerprint density at radius 3 is 2.73 bits per heavy atom. The average molecular weight is 390 g/mol. The third kappa shape index (κ3) is 5.03. The smallest absolute Gasteiger partial charge is 0.307 e. The lowest BCUT2D eigenvalue weighted by Crippen LogP contribution is -2.21. The van der Waals surface area contributed by atoms with E-state index in [9.17, 15) is 14.0 Å². The molecule has 0 spiro atoms. The molecule has 0 aliphatic heterocycles. The van der Waals surface area contributed by atoms with Crippen LogP contribution >= 0.6 is 23.1 Å². The third-order valence-electron chi connectivity index (χ3n) is 3.32. The standard InChI is InChI=1S/C18H15FN2O3S2/c19-12-5-1-2-6-13(12)20-16(22)11-24-17(23)9-10-25-18-21-14-7-3-4-8-15(14)26-18/h1-8H,9-11H2,(H,20,22). The van der Waals surface area contributed by atoms with Gasteiger partial charge >= 0.3 is 5.97 Å². The molecular weight excluding hydrogens is 375 g/mol. The lowest BCUT2D eigenvalue weighted by molar-refractivity contribution is -0.146. The second kappa shape index (κ2) is 8.77. The van der Waals surface area contributed by atoms with Gasteiger partial charge in [-0.2, -0.15) is 0 Å². The molecule has 26 heavy (non-hydrogen) atoms. The van der Waals surface area contributed by atoms with Crippen LogP contribution in [0.25, 0.3) is 10.2 Å². The van der Waals surface area contributed by atoms with Crippen molar-refractivity contribution in [2.75, 3.05) is 17.7 Å². The Balaban J connectivity index is 1.38. The minimum absolute atomic E-state index is 0.0555. The van der Waals surface area contributed by atoms with Crippen LogP contribution < -0.4 is 5.32 Å². The predicted octanol–water partition coefficient (Wildman–Crippen LogP) is 4.10. The van der Waals surface area contributed by atoms with Gasteiger partial charge in [-0.05, 0) is 24.3 Å². The molecule has 134 valence electrons. The molecule has 3 rings (SSSR count). The zero-order valence-corrected chi connectivity index (χ0v) is 15.2. The first-order valence-corrected chi connectivity index (χ1v) is 9.60. The van der Waals surface area contributed by atoms with Gasteiger partial charge in [-0.25, -0.2) is 9.37 Å². The zero-order chi connectivity index (χ0) is 18.4. The lowest BCUT2D eigenvalue weighted by Gasteiger charge is -2.07. The van der Waals surface area contributed by atoms with E-state index >= 15 is 0 Å². The SMILES string of the molecule is O=C(COC(=O)CCSc1nc2ccccc2s1)Nc1ccccc1F. The Morgan fingerprint density at radius 2 is 1.92 bits per heavy atom. The van der Waals surface area contributed by atoms with E-state index in [4.69, 9.17) is 4.74 Å². The maximum Gasteiger partial charge on any atom is 0.307 e. The van der Waals surface area contributed by atoms with Crippen molar-refractivity contribution in [3.63, 3.8) is 0 Å². The van der Waals surface area contributed by atoms with E-state index in [1.165, 1.54) is 30.0 Å². The highest BCUT2D eigenvalue weighted by Gasteiger charge is 2.11. The van der Waals surface area contributed by atoms with Crippen LogP contribution in [0.1, 0.15) is 6.42 Å². The summed E-state index contributed by atoms with van der Waals surface area (Å²) < 4.78 is 20.3. The number of hydrogen-bond donors (Lipinski definition) is 1. The number of rotatable bonds is 7. The lowest BCUT2D eigenvalue weighted by atomic mass is 10.3. The van der Waals surface area contributed by atoms with Crippen LogP contribution in [0.2, 0.25) is 0 Å². The Kier molecular flexibility index (Phi) is 6.19. The van der Waals surface area contributed by atoms with Gasteiger partial charge in [0.25, 0.3) is 5.91 Å². The molecule has 5 nitrogen and oxygen atoms in total. The number of thiazole rings is 1. The van der Waals surface area contributed by atoms with Crippen LogP contribution in [0.15, 0.2) is 52.9 Å². The van der Waals surface area contributed by atoms with Gasteiger partial charge in [0.1, 0.15) is 5.82 Å². The molecule has 0 bridgehead atoms. The van der Waals surface area contributed by atoms with E-state index in [1.807, 2.05) is 24.3 Å². The zero-order valence-electron chi connectivity index (χ0n) is 13.6. The summed E-state index contributed by atoms with van der Waals surface area (Å²) in [5.74, 6) is -1.10. The van der Waals surface area contributed by atoms with Gasteiger partial charge in [-0.1, -0.05) is 36.0 Å². The fourth-order valence-electron chi connectivity index (χ4n) is 2.10. The molecule has 0 saturated heterocycles. The van der Waals surface area contributed by atoms with Gasteiger partial charge < -0.3 is 10.1 Å². The molecule has 3 aromatic rings. The van der Waals surface area contributed by atoms with Crippen LogP contribution in [0.3, 0.4) is 0 Å². The number of esters is 1. The van der Waals surface area contributed by atoms with Crippen molar-refractivity contribution in [1.82, 2.24) is 4.98 Å². The van der Waals surface area contributed by atoms with E-state index in [0.717, 1.165) is 14.6 Å². The molecule has 0 radical (unpaired) electrons. The van der Waals surface area contributed by atoms with Crippen LogP contribution in [0, 0.1) is 5.82 Å². The molecule has 0 saturated carbocycles. The maximum absolute atomic E-state index is 13.4.